The molecule has 2 aromatic carbocycles. The van der Waals surface area contributed by atoms with Gasteiger partial charge in [-0.15, -0.1) is 11.3 Å². The zero-order valence-electron chi connectivity index (χ0n) is 14.5. The van der Waals surface area contributed by atoms with Crippen LogP contribution in [-0.2, 0) is 4.79 Å². The predicted octanol–water partition coefficient (Wildman–Crippen LogP) is 4.87. The summed E-state index contributed by atoms with van der Waals surface area (Å²) >= 11 is 2.62. The molecule has 4 rings (SSSR count). The van der Waals surface area contributed by atoms with E-state index in [1.807, 2.05) is 35.7 Å². The molecule has 0 spiro atoms. The van der Waals surface area contributed by atoms with Gasteiger partial charge in [-0.2, -0.15) is 0 Å². The van der Waals surface area contributed by atoms with Crippen molar-refractivity contribution in [2.75, 3.05) is 16.4 Å². The molecule has 4 aromatic rings. The molecule has 2 heterocycles. The second-order valence-corrected chi connectivity index (χ2v) is 7.67. The van der Waals surface area contributed by atoms with Crippen LogP contribution >= 0.6 is 23.1 Å². The van der Waals surface area contributed by atoms with Crippen molar-refractivity contribution in [3.63, 3.8) is 0 Å². The van der Waals surface area contributed by atoms with E-state index in [2.05, 4.69) is 15.6 Å². The molecule has 0 radical (unpaired) electrons. The summed E-state index contributed by atoms with van der Waals surface area (Å²) in [4.78, 5) is 29.2. The molecule has 0 saturated carbocycles. The first-order valence-electron chi connectivity index (χ1n) is 8.40. The fourth-order valence-corrected chi connectivity index (χ4v) is 3.73. The Hall–Kier alpha value is -3.10. The average molecular weight is 409 g/mol. The van der Waals surface area contributed by atoms with E-state index in [0.29, 0.717) is 27.1 Å². The van der Waals surface area contributed by atoms with E-state index in [4.69, 9.17) is 4.42 Å². The van der Waals surface area contributed by atoms with Crippen LogP contribution in [0.15, 0.2) is 75.7 Å². The van der Waals surface area contributed by atoms with Gasteiger partial charge in [-0.25, -0.2) is 4.98 Å². The highest BCUT2D eigenvalue weighted by Crippen LogP contribution is 2.23. The van der Waals surface area contributed by atoms with Gasteiger partial charge in [0.2, 0.25) is 5.91 Å². The molecule has 2 N–H and O–H groups in total. The molecule has 6 nitrogen and oxygen atoms in total. The van der Waals surface area contributed by atoms with Crippen LogP contribution in [0.1, 0.15) is 9.67 Å². The topological polar surface area (TPSA) is 84.2 Å². The molecule has 2 aromatic heterocycles. The molecule has 0 bridgehead atoms. The number of thiophene rings is 1. The van der Waals surface area contributed by atoms with Crippen molar-refractivity contribution in [2.24, 2.45) is 0 Å². The van der Waals surface area contributed by atoms with Gasteiger partial charge in [0.05, 0.1) is 10.6 Å². The normalized spacial score (nSPS) is 10.7. The number of hydrogen-bond acceptors (Lipinski definition) is 6. The summed E-state index contributed by atoms with van der Waals surface area (Å²) in [6.07, 6.45) is 0. The monoisotopic (exact) mass is 409 g/mol. The summed E-state index contributed by atoms with van der Waals surface area (Å²) in [6.45, 7) is 0. The lowest BCUT2D eigenvalue weighted by atomic mass is 10.2. The smallest absolute Gasteiger partial charge is 0.265 e. The average Bonchev–Trinajstić information content (AvgIpc) is 3.37. The first-order chi connectivity index (χ1) is 13.7. The van der Waals surface area contributed by atoms with Crippen LogP contribution < -0.4 is 10.6 Å². The van der Waals surface area contributed by atoms with Gasteiger partial charge < -0.3 is 15.1 Å². The minimum atomic E-state index is -0.164. The Bertz CT molecular complexity index is 1070. The van der Waals surface area contributed by atoms with Crippen molar-refractivity contribution in [1.29, 1.82) is 0 Å². The molecule has 0 saturated heterocycles. The van der Waals surface area contributed by atoms with Crippen molar-refractivity contribution in [2.45, 2.75) is 5.22 Å². The molecular formula is C20H15N3O3S2. The van der Waals surface area contributed by atoms with E-state index in [-0.39, 0.29) is 17.6 Å². The molecular weight excluding hydrogens is 394 g/mol. The van der Waals surface area contributed by atoms with E-state index in [1.54, 1.807) is 30.3 Å². The minimum absolute atomic E-state index is 0.151. The lowest BCUT2D eigenvalue weighted by Crippen LogP contribution is -2.14. The van der Waals surface area contributed by atoms with E-state index in [0.717, 1.165) is 5.52 Å². The Morgan fingerprint density at radius 1 is 0.964 bits per heavy atom. The van der Waals surface area contributed by atoms with Crippen molar-refractivity contribution in [1.82, 2.24) is 4.98 Å². The molecule has 2 amide bonds. The number of benzene rings is 2. The van der Waals surface area contributed by atoms with Gasteiger partial charge in [-0.3, -0.25) is 9.59 Å². The summed E-state index contributed by atoms with van der Waals surface area (Å²) in [6, 6.07) is 18.0. The number of rotatable bonds is 6. The number of para-hydroxylation sites is 2. The van der Waals surface area contributed by atoms with Crippen LogP contribution in [0, 0.1) is 0 Å². The van der Waals surface area contributed by atoms with Gasteiger partial charge in [0.25, 0.3) is 11.1 Å². The van der Waals surface area contributed by atoms with Crippen molar-refractivity contribution < 1.29 is 14.0 Å². The maximum absolute atomic E-state index is 12.1. The van der Waals surface area contributed by atoms with Crippen LogP contribution in [-0.4, -0.2) is 22.6 Å². The predicted molar refractivity (Wildman–Crippen MR) is 112 cm³/mol. The van der Waals surface area contributed by atoms with Crippen LogP contribution in [0.2, 0.25) is 0 Å². The highest BCUT2D eigenvalue weighted by atomic mass is 32.2. The van der Waals surface area contributed by atoms with E-state index < -0.39 is 0 Å². The number of oxazole rings is 1. The molecule has 0 atom stereocenters. The third kappa shape index (κ3) is 4.41. The van der Waals surface area contributed by atoms with Crippen LogP contribution in [0.25, 0.3) is 11.1 Å². The third-order valence-corrected chi connectivity index (χ3v) is 5.47. The number of nitrogens with zero attached hydrogens (tertiary/aromatic N) is 1. The fraction of sp³-hybridized carbons (Fsp3) is 0.0500. The van der Waals surface area contributed by atoms with Gasteiger partial charge in [0, 0.05) is 11.4 Å². The molecule has 140 valence electrons. The second kappa shape index (κ2) is 8.28. The van der Waals surface area contributed by atoms with Crippen molar-refractivity contribution in [3.05, 3.63) is 70.9 Å². The zero-order chi connectivity index (χ0) is 19.3. The number of thioether (sulfide) groups is 1. The second-order valence-electron chi connectivity index (χ2n) is 5.79. The molecule has 0 unspecified atom stereocenters. The first-order valence-corrected chi connectivity index (χ1v) is 10.3. The van der Waals surface area contributed by atoms with Gasteiger partial charge >= 0.3 is 0 Å². The molecule has 8 heteroatoms. The quantitative estimate of drug-likeness (QED) is 0.444. The number of fused-ring (bicyclic) bond motifs is 1. The number of hydrogen-bond donors (Lipinski definition) is 2. The first kappa shape index (κ1) is 18.3. The molecule has 0 aliphatic heterocycles. The molecule has 0 aliphatic carbocycles. The zero-order valence-corrected chi connectivity index (χ0v) is 16.2. The Morgan fingerprint density at radius 2 is 1.71 bits per heavy atom. The SMILES string of the molecule is O=C(CSc1nc2ccccc2o1)Nc1ccc(NC(=O)c2cccs2)cc1. The number of carbonyl (C=O) groups is 2. The highest BCUT2D eigenvalue weighted by Gasteiger charge is 2.10. The summed E-state index contributed by atoms with van der Waals surface area (Å²) in [5.74, 6) is -0.131. The molecule has 0 fully saturated rings. The van der Waals surface area contributed by atoms with Crippen molar-refractivity contribution >= 4 is 57.4 Å². The molecule has 28 heavy (non-hydrogen) atoms. The van der Waals surface area contributed by atoms with Crippen LogP contribution in [0.5, 0.6) is 0 Å². The van der Waals surface area contributed by atoms with Gasteiger partial charge in [0.15, 0.2) is 5.58 Å². The summed E-state index contributed by atoms with van der Waals surface area (Å²) in [5.41, 5.74) is 2.78. The fourth-order valence-electron chi connectivity index (χ4n) is 2.47. The number of carbonyl (C=O) groups excluding carboxylic acids is 2. The van der Waals surface area contributed by atoms with Crippen LogP contribution in [0.3, 0.4) is 0 Å². The van der Waals surface area contributed by atoms with Gasteiger partial charge in [-0.1, -0.05) is 30.0 Å². The largest absolute Gasteiger partial charge is 0.431 e. The Kier molecular flexibility index (Phi) is 5.41. The maximum Gasteiger partial charge on any atom is 0.265 e. The Morgan fingerprint density at radius 3 is 2.43 bits per heavy atom. The van der Waals surface area contributed by atoms with E-state index >= 15 is 0 Å². The summed E-state index contributed by atoms with van der Waals surface area (Å²) in [5, 5.41) is 7.95. The lowest BCUT2D eigenvalue weighted by molar-refractivity contribution is -0.113. The Balaban J connectivity index is 1.30. The van der Waals surface area contributed by atoms with Gasteiger partial charge in [0.1, 0.15) is 5.52 Å². The standard InChI is InChI=1S/C20H15N3O3S2/c24-18(12-28-20-23-15-4-1-2-5-16(15)26-20)21-13-7-9-14(10-8-13)22-19(25)17-6-3-11-27-17/h1-11H,12H2,(H,21,24)(H,22,25). The maximum atomic E-state index is 12.1. The van der Waals surface area contributed by atoms with Crippen molar-refractivity contribution in [3.8, 4) is 0 Å². The number of aromatic nitrogens is 1. The summed E-state index contributed by atoms with van der Waals surface area (Å²) < 4.78 is 5.58. The lowest BCUT2D eigenvalue weighted by Gasteiger charge is -2.07. The third-order valence-electron chi connectivity index (χ3n) is 3.77. The molecule has 0 aliphatic rings. The van der Waals surface area contributed by atoms with Crippen LogP contribution in [0.4, 0.5) is 11.4 Å². The van der Waals surface area contributed by atoms with E-state index in [9.17, 15) is 9.59 Å². The summed E-state index contributed by atoms with van der Waals surface area (Å²) in [7, 11) is 0. The highest BCUT2D eigenvalue weighted by molar-refractivity contribution is 7.99. The van der Waals surface area contributed by atoms with E-state index in [1.165, 1.54) is 23.1 Å². The number of nitrogens with one attached hydrogen (secondary N) is 2. The Labute approximate surface area is 169 Å². The minimum Gasteiger partial charge on any atom is -0.431 e. The number of amides is 2. The number of anilines is 2. The van der Waals surface area contributed by atoms with Gasteiger partial charge in [-0.05, 0) is 47.8 Å².